The third kappa shape index (κ3) is 3.74. The molecular weight excluding hydrogens is 447 g/mol. The van der Waals surface area contributed by atoms with E-state index in [4.69, 9.17) is 0 Å². The largest absolute Gasteiger partial charge is 0.336 e. The molecule has 33 heavy (non-hydrogen) atoms. The number of carbonyl (C=O) groups is 1. The summed E-state index contributed by atoms with van der Waals surface area (Å²) in [6, 6.07) is 16.5. The van der Waals surface area contributed by atoms with Crippen LogP contribution in [0.3, 0.4) is 0 Å². The molecule has 9 nitrogen and oxygen atoms in total. The zero-order valence-electron chi connectivity index (χ0n) is 17.3. The van der Waals surface area contributed by atoms with Crippen LogP contribution in [-0.2, 0) is 10.0 Å². The normalized spacial score (nSPS) is 15.1. The quantitative estimate of drug-likeness (QED) is 0.494. The molecule has 4 aromatic rings. The first-order valence-corrected chi connectivity index (χ1v) is 11.7. The number of benzene rings is 3. The highest BCUT2D eigenvalue weighted by atomic mass is 32.2. The summed E-state index contributed by atoms with van der Waals surface area (Å²) in [6.07, 6.45) is 0. The van der Waals surface area contributed by atoms with E-state index in [-0.39, 0.29) is 42.5 Å². The number of fused-ring (bicyclic) bond motifs is 1. The van der Waals surface area contributed by atoms with Crippen LogP contribution in [0.15, 0.2) is 65.6 Å². The molecule has 1 aromatic heterocycles. The van der Waals surface area contributed by atoms with Gasteiger partial charge < -0.3 is 4.90 Å². The van der Waals surface area contributed by atoms with Gasteiger partial charge in [-0.2, -0.15) is 9.52 Å². The molecule has 1 saturated heterocycles. The summed E-state index contributed by atoms with van der Waals surface area (Å²) in [5, 5.41) is 14.7. The summed E-state index contributed by atoms with van der Waals surface area (Å²) < 4.78 is 42.9. The van der Waals surface area contributed by atoms with Crippen LogP contribution in [0.4, 0.5) is 4.39 Å². The lowest BCUT2D eigenvalue weighted by Crippen LogP contribution is -2.50. The summed E-state index contributed by atoms with van der Waals surface area (Å²) in [6.45, 7) is 0.469. The van der Waals surface area contributed by atoms with E-state index in [9.17, 15) is 17.6 Å². The first-order valence-electron chi connectivity index (χ1n) is 10.3. The summed E-state index contributed by atoms with van der Waals surface area (Å²) >= 11 is 0. The molecule has 5 rings (SSSR count). The van der Waals surface area contributed by atoms with Crippen molar-refractivity contribution in [3.05, 3.63) is 72.0 Å². The molecule has 0 atom stereocenters. The van der Waals surface area contributed by atoms with Crippen molar-refractivity contribution in [2.75, 3.05) is 26.2 Å². The molecule has 2 heterocycles. The number of H-pyrrole nitrogens is 1. The first-order chi connectivity index (χ1) is 16.0. The minimum atomic E-state index is -3.87. The Kier molecular flexibility index (Phi) is 5.35. The van der Waals surface area contributed by atoms with Crippen LogP contribution < -0.4 is 0 Å². The van der Waals surface area contributed by atoms with Gasteiger partial charge in [0.05, 0.1) is 10.5 Å². The van der Waals surface area contributed by atoms with Crippen molar-refractivity contribution in [1.82, 2.24) is 29.8 Å². The molecular formula is C22H19FN6O3S. The first kappa shape index (κ1) is 21.2. The van der Waals surface area contributed by atoms with Gasteiger partial charge in [0, 0.05) is 37.1 Å². The van der Waals surface area contributed by atoms with E-state index in [0.717, 1.165) is 0 Å². The van der Waals surface area contributed by atoms with Gasteiger partial charge in [0.25, 0.3) is 5.91 Å². The number of amides is 1. The maximum atomic E-state index is 15.0. The van der Waals surface area contributed by atoms with Gasteiger partial charge in [0.1, 0.15) is 5.82 Å². The summed E-state index contributed by atoms with van der Waals surface area (Å²) in [4.78, 5) is 14.5. The predicted octanol–water partition coefficient (Wildman–Crippen LogP) is 2.31. The molecule has 0 bridgehead atoms. The average Bonchev–Trinajstić information content (AvgIpc) is 3.39. The molecule has 0 spiro atoms. The molecule has 1 N–H and O–H groups in total. The third-order valence-electron chi connectivity index (χ3n) is 5.71. The molecule has 168 valence electrons. The summed E-state index contributed by atoms with van der Waals surface area (Å²) in [5.74, 6) is -0.848. The number of halogens is 1. The summed E-state index contributed by atoms with van der Waals surface area (Å²) in [5.41, 5.74) is 0.315. The number of nitrogens with zero attached hydrogens (tertiary/aromatic N) is 5. The standard InChI is InChI=1S/C22H19FN6O3S/c23-20-16-6-2-1-5-15(16)9-10-18(20)22(30)28-11-13-29(14-12-28)33(31,32)19-8-4-3-7-17(19)21-24-26-27-25-21/h1-10H,11-14H2,(H,24,25,26,27). The third-order valence-corrected chi connectivity index (χ3v) is 7.67. The van der Waals surface area contributed by atoms with Crippen molar-refractivity contribution in [1.29, 1.82) is 0 Å². The van der Waals surface area contributed by atoms with Gasteiger partial charge >= 0.3 is 0 Å². The molecule has 3 aromatic carbocycles. The zero-order valence-corrected chi connectivity index (χ0v) is 18.2. The van der Waals surface area contributed by atoms with Crippen molar-refractivity contribution in [3.8, 4) is 11.4 Å². The van der Waals surface area contributed by atoms with E-state index in [1.54, 1.807) is 48.5 Å². The van der Waals surface area contributed by atoms with E-state index in [0.29, 0.717) is 16.3 Å². The minimum Gasteiger partial charge on any atom is -0.336 e. The smallest absolute Gasteiger partial charge is 0.256 e. The highest BCUT2D eigenvalue weighted by Crippen LogP contribution is 2.28. The van der Waals surface area contributed by atoms with E-state index in [2.05, 4.69) is 20.6 Å². The van der Waals surface area contributed by atoms with Crippen molar-refractivity contribution in [3.63, 3.8) is 0 Å². The number of tetrazole rings is 1. The second-order valence-corrected chi connectivity index (χ2v) is 9.48. The molecule has 1 amide bonds. The van der Waals surface area contributed by atoms with E-state index < -0.39 is 21.7 Å². The highest BCUT2D eigenvalue weighted by Gasteiger charge is 2.33. The maximum absolute atomic E-state index is 15.0. The molecule has 0 unspecified atom stereocenters. The number of hydrogen-bond donors (Lipinski definition) is 1. The number of carbonyl (C=O) groups excluding carboxylic acids is 1. The lowest BCUT2D eigenvalue weighted by atomic mass is 10.0. The highest BCUT2D eigenvalue weighted by molar-refractivity contribution is 7.89. The van der Waals surface area contributed by atoms with Gasteiger partial charge in [-0.3, -0.25) is 4.79 Å². The topological polar surface area (TPSA) is 112 Å². The maximum Gasteiger partial charge on any atom is 0.256 e. The van der Waals surface area contributed by atoms with Crippen LogP contribution in [0.5, 0.6) is 0 Å². The van der Waals surface area contributed by atoms with Crippen molar-refractivity contribution < 1.29 is 17.6 Å². The number of aromatic nitrogens is 4. The Labute approximate surface area is 188 Å². The Morgan fingerprint density at radius 3 is 2.42 bits per heavy atom. The van der Waals surface area contributed by atoms with E-state index >= 15 is 0 Å². The number of aromatic amines is 1. The van der Waals surface area contributed by atoms with Gasteiger partial charge in [-0.15, -0.1) is 10.2 Å². The molecule has 1 aliphatic heterocycles. The fourth-order valence-electron chi connectivity index (χ4n) is 3.99. The van der Waals surface area contributed by atoms with Crippen molar-refractivity contribution in [2.45, 2.75) is 4.90 Å². The molecule has 0 radical (unpaired) electrons. The second-order valence-electron chi connectivity index (χ2n) is 7.58. The van der Waals surface area contributed by atoms with Crippen molar-refractivity contribution in [2.24, 2.45) is 0 Å². The summed E-state index contributed by atoms with van der Waals surface area (Å²) in [7, 11) is -3.87. The number of piperazine rings is 1. The van der Waals surface area contributed by atoms with Gasteiger partial charge in [-0.1, -0.05) is 42.5 Å². The fraction of sp³-hybridized carbons (Fsp3) is 0.182. The lowest BCUT2D eigenvalue weighted by molar-refractivity contribution is 0.0693. The number of sulfonamides is 1. The van der Waals surface area contributed by atoms with Crippen molar-refractivity contribution >= 4 is 26.7 Å². The van der Waals surface area contributed by atoms with E-state index in [1.807, 2.05) is 0 Å². The Balaban J connectivity index is 1.36. The molecule has 0 saturated carbocycles. The Morgan fingerprint density at radius 1 is 0.939 bits per heavy atom. The number of hydrogen-bond acceptors (Lipinski definition) is 6. The molecule has 1 fully saturated rings. The van der Waals surface area contributed by atoms with Crippen LogP contribution in [0, 0.1) is 5.82 Å². The van der Waals surface area contributed by atoms with Gasteiger partial charge in [-0.05, 0) is 28.8 Å². The minimum absolute atomic E-state index is 0.0209. The SMILES string of the molecule is O=C(c1ccc2ccccc2c1F)N1CCN(S(=O)(=O)c2ccccc2-c2nn[nH]n2)CC1. The predicted molar refractivity (Wildman–Crippen MR) is 118 cm³/mol. The zero-order chi connectivity index (χ0) is 23.0. The molecule has 0 aliphatic carbocycles. The van der Waals surface area contributed by atoms with Crippen LogP contribution in [0.25, 0.3) is 22.2 Å². The second kappa shape index (κ2) is 8.34. The number of rotatable bonds is 4. The number of nitrogens with one attached hydrogen (secondary N) is 1. The van der Waals surface area contributed by atoms with Crippen LogP contribution in [0.2, 0.25) is 0 Å². The Bertz CT molecular complexity index is 1430. The van der Waals surface area contributed by atoms with E-state index in [1.165, 1.54) is 21.3 Å². The van der Waals surface area contributed by atoms with Crippen LogP contribution in [-0.4, -0.2) is 70.3 Å². The molecule has 1 aliphatic rings. The lowest BCUT2D eigenvalue weighted by Gasteiger charge is -2.34. The van der Waals surface area contributed by atoms with Gasteiger partial charge in [0.2, 0.25) is 15.8 Å². The molecule has 11 heteroatoms. The van der Waals surface area contributed by atoms with Crippen LogP contribution in [0.1, 0.15) is 10.4 Å². The van der Waals surface area contributed by atoms with Gasteiger partial charge in [-0.25, -0.2) is 12.8 Å². The van der Waals surface area contributed by atoms with Gasteiger partial charge in [0.15, 0.2) is 0 Å². The fourth-order valence-corrected chi connectivity index (χ4v) is 5.60. The Morgan fingerprint density at radius 2 is 1.67 bits per heavy atom. The Hall–Kier alpha value is -3.70. The average molecular weight is 466 g/mol. The van der Waals surface area contributed by atoms with Crippen LogP contribution >= 0.6 is 0 Å². The monoisotopic (exact) mass is 466 g/mol.